The van der Waals surface area contributed by atoms with Gasteiger partial charge in [0.25, 0.3) is 5.91 Å². The van der Waals surface area contributed by atoms with Crippen molar-refractivity contribution in [1.82, 2.24) is 5.32 Å². The number of nitrogens with zero attached hydrogens (tertiary/aromatic N) is 1. The fourth-order valence-corrected chi connectivity index (χ4v) is 1.66. The number of nitro benzene ring substituents is 1. The molecule has 0 bridgehead atoms. The summed E-state index contributed by atoms with van der Waals surface area (Å²) in [4.78, 5) is 22.2. The Labute approximate surface area is 110 Å². The van der Waals surface area contributed by atoms with Gasteiger partial charge in [0, 0.05) is 12.1 Å². The molecule has 6 nitrogen and oxygen atoms in total. The number of carbonyl (C=O) groups is 1. The third-order valence-corrected chi connectivity index (χ3v) is 2.91. The van der Waals surface area contributed by atoms with Gasteiger partial charge in [-0.2, -0.15) is 0 Å². The van der Waals surface area contributed by atoms with Gasteiger partial charge in [-0.3, -0.25) is 14.9 Å². The zero-order chi connectivity index (χ0) is 14.0. The van der Waals surface area contributed by atoms with E-state index in [1.807, 2.05) is 0 Å². The number of hydrogen-bond acceptors (Lipinski definition) is 4. The molecule has 0 radical (unpaired) electrons. The van der Waals surface area contributed by atoms with E-state index in [1.54, 1.807) is 19.9 Å². The van der Waals surface area contributed by atoms with Crippen molar-refractivity contribution in [2.45, 2.75) is 38.8 Å². The molecule has 1 N–H and O–H groups in total. The first-order valence-electron chi connectivity index (χ1n) is 6.19. The van der Waals surface area contributed by atoms with E-state index in [0.717, 1.165) is 18.4 Å². The maximum absolute atomic E-state index is 11.7. The summed E-state index contributed by atoms with van der Waals surface area (Å²) in [5.74, 6) is -0.119. The first-order valence-corrected chi connectivity index (χ1v) is 6.19. The fraction of sp³-hybridized carbons (Fsp3) is 0.462. The third-order valence-electron chi connectivity index (χ3n) is 2.91. The zero-order valence-electron chi connectivity index (χ0n) is 10.9. The predicted molar refractivity (Wildman–Crippen MR) is 69.1 cm³/mol. The number of benzene rings is 1. The molecule has 1 atom stereocenters. The fourth-order valence-electron chi connectivity index (χ4n) is 1.66. The second kappa shape index (κ2) is 5.26. The van der Waals surface area contributed by atoms with Crippen molar-refractivity contribution in [3.05, 3.63) is 33.9 Å². The van der Waals surface area contributed by atoms with Crippen LogP contribution >= 0.6 is 0 Å². The highest BCUT2D eigenvalue weighted by Gasteiger charge is 2.27. The molecule has 1 amide bonds. The zero-order valence-corrected chi connectivity index (χ0v) is 10.9. The van der Waals surface area contributed by atoms with E-state index in [1.165, 1.54) is 12.1 Å². The number of nitro groups is 1. The molecule has 0 heterocycles. The highest BCUT2D eigenvalue weighted by atomic mass is 16.6. The monoisotopic (exact) mass is 264 g/mol. The van der Waals surface area contributed by atoms with Gasteiger partial charge in [0.15, 0.2) is 11.9 Å². The van der Waals surface area contributed by atoms with Gasteiger partial charge in [-0.1, -0.05) is 6.07 Å². The minimum Gasteiger partial charge on any atom is -0.474 e. The highest BCUT2D eigenvalue weighted by molar-refractivity contribution is 5.81. The minimum atomic E-state index is -0.748. The van der Waals surface area contributed by atoms with Crippen LogP contribution < -0.4 is 10.1 Å². The molecule has 1 aliphatic rings. The normalized spacial score (nSPS) is 15.7. The van der Waals surface area contributed by atoms with E-state index < -0.39 is 11.0 Å². The summed E-state index contributed by atoms with van der Waals surface area (Å²) >= 11 is 0. The number of nitrogens with one attached hydrogen (secondary N) is 1. The summed E-state index contributed by atoms with van der Waals surface area (Å²) in [6.07, 6.45) is 1.23. The molecular formula is C13H16N2O4. The molecule has 1 aromatic rings. The Morgan fingerprint density at radius 2 is 2.21 bits per heavy atom. The molecule has 1 aliphatic carbocycles. The predicted octanol–water partition coefficient (Wildman–Crippen LogP) is 1.95. The van der Waals surface area contributed by atoms with E-state index in [4.69, 9.17) is 4.74 Å². The smallest absolute Gasteiger partial charge is 0.311 e. The van der Waals surface area contributed by atoms with E-state index >= 15 is 0 Å². The molecule has 2 rings (SSSR count). The quantitative estimate of drug-likeness (QED) is 0.651. The lowest BCUT2D eigenvalue weighted by molar-refractivity contribution is -0.386. The van der Waals surface area contributed by atoms with Crippen LogP contribution in [0.25, 0.3) is 0 Å². The number of ether oxygens (including phenoxy) is 1. The van der Waals surface area contributed by atoms with Crippen molar-refractivity contribution in [3.63, 3.8) is 0 Å². The SMILES string of the molecule is Cc1ccc(O[C@H](C)C(=O)NC2CC2)c([N+](=O)[O-])c1. The molecule has 102 valence electrons. The summed E-state index contributed by atoms with van der Waals surface area (Å²) < 4.78 is 5.40. The van der Waals surface area contributed by atoms with E-state index in [0.29, 0.717) is 0 Å². The third kappa shape index (κ3) is 3.43. The molecule has 0 aliphatic heterocycles. The van der Waals surface area contributed by atoms with E-state index in [2.05, 4.69) is 5.32 Å². The van der Waals surface area contributed by atoms with E-state index in [-0.39, 0.29) is 23.4 Å². The number of rotatable bonds is 5. The van der Waals surface area contributed by atoms with Crippen molar-refractivity contribution in [1.29, 1.82) is 0 Å². The van der Waals surface area contributed by atoms with Gasteiger partial charge in [-0.25, -0.2) is 0 Å². The molecule has 0 spiro atoms. The van der Waals surface area contributed by atoms with Crippen LogP contribution in [-0.4, -0.2) is 23.0 Å². The molecular weight excluding hydrogens is 248 g/mol. The number of amides is 1. The summed E-state index contributed by atoms with van der Waals surface area (Å²) in [6, 6.07) is 4.91. The van der Waals surface area contributed by atoms with Crippen molar-refractivity contribution >= 4 is 11.6 Å². The molecule has 1 fully saturated rings. The Morgan fingerprint density at radius 3 is 2.79 bits per heavy atom. The second-order valence-electron chi connectivity index (χ2n) is 4.77. The Bertz CT molecular complexity index is 511. The van der Waals surface area contributed by atoms with Gasteiger partial charge in [0.05, 0.1) is 4.92 Å². The van der Waals surface area contributed by atoms with Crippen molar-refractivity contribution in [2.75, 3.05) is 0 Å². The molecule has 0 unspecified atom stereocenters. The summed E-state index contributed by atoms with van der Waals surface area (Å²) in [7, 11) is 0. The largest absolute Gasteiger partial charge is 0.474 e. The first-order chi connectivity index (χ1) is 8.97. The van der Waals surface area contributed by atoms with Crippen LogP contribution in [0.5, 0.6) is 5.75 Å². The van der Waals surface area contributed by atoms with Crippen molar-refractivity contribution in [2.24, 2.45) is 0 Å². The maximum atomic E-state index is 11.7. The topological polar surface area (TPSA) is 81.5 Å². The molecule has 6 heteroatoms. The average molecular weight is 264 g/mol. The lowest BCUT2D eigenvalue weighted by Gasteiger charge is -2.14. The summed E-state index contributed by atoms with van der Waals surface area (Å²) in [6.45, 7) is 3.35. The minimum absolute atomic E-state index is 0.119. The van der Waals surface area contributed by atoms with Crippen LogP contribution in [0.2, 0.25) is 0 Å². The number of carbonyl (C=O) groups excluding carboxylic acids is 1. The van der Waals surface area contributed by atoms with Gasteiger partial charge in [0.2, 0.25) is 0 Å². The van der Waals surface area contributed by atoms with Gasteiger partial charge in [-0.15, -0.1) is 0 Å². The molecule has 1 saturated carbocycles. The van der Waals surface area contributed by atoms with Crippen molar-refractivity contribution in [3.8, 4) is 5.75 Å². The Morgan fingerprint density at radius 1 is 1.53 bits per heavy atom. The Balaban J connectivity index is 2.08. The van der Waals surface area contributed by atoms with Gasteiger partial charge < -0.3 is 10.1 Å². The molecule has 0 aromatic heterocycles. The number of hydrogen-bond donors (Lipinski definition) is 1. The van der Waals surface area contributed by atoms with Crippen LogP contribution in [0.4, 0.5) is 5.69 Å². The van der Waals surface area contributed by atoms with Crippen LogP contribution in [0.3, 0.4) is 0 Å². The molecule has 0 saturated heterocycles. The second-order valence-corrected chi connectivity index (χ2v) is 4.77. The van der Waals surface area contributed by atoms with Crippen LogP contribution in [0.15, 0.2) is 18.2 Å². The molecule has 1 aromatic carbocycles. The average Bonchev–Trinajstić information content (AvgIpc) is 3.14. The summed E-state index contributed by atoms with van der Waals surface area (Å²) in [5, 5.41) is 13.7. The molecule has 19 heavy (non-hydrogen) atoms. The first kappa shape index (κ1) is 13.3. The lowest BCUT2D eigenvalue weighted by atomic mass is 10.2. The standard InChI is InChI=1S/C13H16N2O4/c1-8-3-6-12(11(7-8)15(17)18)19-9(2)13(16)14-10-4-5-10/h3,6-7,9-10H,4-5H2,1-2H3,(H,14,16)/t9-/m1/s1. The van der Waals surface area contributed by atoms with Crippen LogP contribution in [0.1, 0.15) is 25.3 Å². The maximum Gasteiger partial charge on any atom is 0.311 e. The van der Waals surface area contributed by atoms with Crippen LogP contribution in [-0.2, 0) is 4.79 Å². The Kier molecular flexibility index (Phi) is 3.69. The lowest BCUT2D eigenvalue weighted by Crippen LogP contribution is -2.37. The summed E-state index contributed by atoms with van der Waals surface area (Å²) in [5.41, 5.74) is 0.653. The van der Waals surface area contributed by atoms with Gasteiger partial charge in [-0.05, 0) is 38.3 Å². The highest BCUT2D eigenvalue weighted by Crippen LogP contribution is 2.28. The van der Waals surface area contributed by atoms with Gasteiger partial charge >= 0.3 is 5.69 Å². The van der Waals surface area contributed by atoms with Crippen LogP contribution in [0, 0.1) is 17.0 Å². The number of aryl methyl sites for hydroxylation is 1. The van der Waals surface area contributed by atoms with Gasteiger partial charge in [0.1, 0.15) is 0 Å². The van der Waals surface area contributed by atoms with Crippen molar-refractivity contribution < 1.29 is 14.5 Å². The Hall–Kier alpha value is -2.11. The van der Waals surface area contributed by atoms with E-state index in [9.17, 15) is 14.9 Å².